The molecule has 1 heterocycles. The summed E-state index contributed by atoms with van der Waals surface area (Å²) in [6.45, 7) is 11.8. The Morgan fingerprint density at radius 1 is 1.21 bits per heavy atom. The first-order valence-corrected chi connectivity index (χ1v) is 5.11. The number of carbonyl (C=O) groups is 1. The molecule has 0 aromatic heterocycles. The molecule has 0 saturated heterocycles. The Hall–Kier alpha value is -1.28. The van der Waals surface area contributed by atoms with Crippen LogP contribution in [0.5, 0.6) is 0 Å². The number of allylic oxidation sites excluding steroid dienone is 1. The van der Waals surface area contributed by atoms with E-state index in [9.17, 15) is 4.79 Å². The summed E-state index contributed by atoms with van der Waals surface area (Å²) in [5.74, 6) is 0. The van der Waals surface area contributed by atoms with Gasteiger partial charge in [-0.15, -0.1) is 0 Å². The zero-order valence-corrected chi connectivity index (χ0v) is 8.62. The van der Waals surface area contributed by atoms with Crippen molar-refractivity contribution in [3.05, 3.63) is 34.7 Å². The van der Waals surface area contributed by atoms with Crippen LogP contribution < -0.4 is 10.4 Å². The molecule has 14 heavy (non-hydrogen) atoms. The number of benzene rings is 1. The molecule has 0 atom stereocenters. The SMILES string of the molecule is C=C1CC(=O)Sc2ccc(=C)c(=C)c21. The number of carbonyl (C=O) groups excluding carboxylic acids is 1. The third kappa shape index (κ3) is 1.32. The van der Waals surface area contributed by atoms with Crippen LogP contribution in [0.2, 0.25) is 0 Å². The van der Waals surface area contributed by atoms with E-state index in [0.717, 1.165) is 26.5 Å². The summed E-state index contributed by atoms with van der Waals surface area (Å²) in [7, 11) is 0. The van der Waals surface area contributed by atoms with Crippen LogP contribution in [0, 0.1) is 0 Å². The van der Waals surface area contributed by atoms with Gasteiger partial charge in [0.25, 0.3) is 0 Å². The van der Waals surface area contributed by atoms with E-state index in [1.54, 1.807) is 0 Å². The van der Waals surface area contributed by atoms with Gasteiger partial charge in [-0.2, -0.15) is 0 Å². The second-order valence-electron chi connectivity index (χ2n) is 3.33. The van der Waals surface area contributed by atoms with Gasteiger partial charge in [0.2, 0.25) is 0 Å². The predicted molar refractivity (Wildman–Crippen MR) is 61.3 cm³/mol. The standard InChI is InChI=1S/C12H10OS/c1-7-4-5-10-12(9(7)3)8(2)6-11(13)14-10/h4-5H,1-3,6H2. The molecule has 0 aliphatic carbocycles. The molecule has 2 rings (SSSR count). The van der Waals surface area contributed by atoms with E-state index < -0.39 is 0 Å². The maximum atomic E-state index is 11.3. The van der Waals surface area contributed by atoms with Crippen LogP contribution in [0.4, 0.5) is 0 Å². The van der Waals surface area contributed by atoms with Gasteiger partial charge >= 0.3 is 0 Å². The zero-order chi connectivity index (χ0) is 10.3. The van der Waals surface area contributed by atoms with Crippen molar-refractivity contribution in [1.29, 1.82) is 0 Å². The lowest BCUT2D eigenvalue weighted by atomic mass is 10.0. The lowest BCUT2D eigenvalue weighted by Gasteiger charge is -2.16. The van der Waals surface area contributed by atoms with Gasteiger partial charge < -0.3 is 0 Å². The van der Waals surface area contributed by atoms with Gasteiger partial charge in [0.1, 0.15) is 0 Å². The predicted octanol–water partition coefficient (Wildman–Crippen LogP) is 1.54. The first-order valence-electron chi connectivity index (χ1n) is 4.29. The van der Waals surface area contributed by atoms with Crippen LogP contribution in [-0.4, -0.2) is 5.12 Å². The van der Waals surface area contributed by atoms with Crippen molar-refractivity contribution < 1.29 is 4.79 Å². The van der Waals surface area contributed by atoms with Crippen LogP contribution in [0.25, 0.3) is 18.7 Å². The van der Waals surface area contributed by atoms with Crippen molar-refractivity contribution in [1.82, 2.24) is 0 Å². The smallest absolute Gasteiger partial charge is 0.198 e. The van der Waals surface area contributed by atoms with E-state index >= 15 is 0 Å². The molecule has 1 aliphatic rings. The number of hydrogen-bond donors (Lipinski definition) is 0. The van der Waals surface area contributed by atoms with E-state index in [0.29, 0.717) is 6.42 Å². The highest BCUT2D eigenvalue weighted by Crippen LogP contribution is 2.33. The van der Waals surface area contributed by atoms with Gasteiger partial charge in [-0.1, -0.05) is 37.6 Å². The van der Waals surface area contributed by atoms with Gasteiger partial charge in [-0.25, -0.2) is 0 Å². The molecule has 0 bridgehead atoms. The lowest BCUT2D eigenvalue weighted by molar-refractivity contribution is -0.110. The largest absolute Gasteiger partial charge is 0.286 e. The second kappa shape index (κ2) is 3.14. The van der Waals surface area contributed by atoms with E-state index in [1.807, 2.05) is 12.1 Å². The van der Waals surface area contributed by atoms with Crippen LogP contribution in [0.15, 0.2) is 23.6 Å². The molecular formula is C12H10OS. The Bertz CT molecular complexity index is 528. The Morgan fingerprint density at radius 3 is 2.64 bits per heavy atom. The van der Waals surface area contributed by atoms with Gasteiger partial charge in [0, 0.05) is 11.3 Å². The zero-order valence-electron chi connectivity index (χ0n) is 7.80. The normalized spacial score (nSPS) is 15.4. The number of fused-ring (bicyclic) bond motifs is 1. The highest BCUT2D eigenvalue weighted by atomic mass is 32.2. The van der Waals surface area contributed by atoms with Crippen molar-refractivity contribution in [3.63, 3.8) is 0 Å². The Balaban J connectivity index is 2.78. The molecule has 1 nitrogen and oxygen atoms in total. The summed E-state index contributed by atoms with van der Waals surface area (Å²) in [6.07, 6.45) is 0.420. The quantitative estimate of drug-likeness (QED) is 0.635. The fraction of sp³-hybridized carbons (Fsp3) is 0.0833. The van der Waals surface area contributed by atoms with Gasteiger partial charge in [0.15, 0.2) is 5.12 Å². The minimum Gasteiger partial charge on any atom is -0.286 e. The highest BCUT2D eigenvalue weighted by Gasteiger charge is 2.19. The monoisotopic (exact) mass is 202 g/mol. The molecule has 0 radical (unpaired) electrons. The molecule has 0 amide bonds. The average Bonchev–Trinajstić information content (AvgIpc) is 2.10. The van der Waals surface area contributed by atoms with Gasteiger partial charge in [0.05, 0.1) is 0 Å². The van der Waals surface area contributed by atoms with E-state index in [4.69, 9.17) is 0 Å². The van der Waals surface area contributed by atoms with Crippen molar-refractivity contribution in [2.75, 3.05) is 0 Å². The number of rotatable bonds is 0. The first kappa shape index (κ1) is 9.28. The van der Waals surface area contributed by atoms with Crippen LogP contribution in [0.3, 0.4) is 0 Å². The minimum atomic E-state index is 0.152. The third-order valence-electron chi connectivity index (χ3n) is 2.31. The number of hydrogen-bond acceptors (Lipinski definition) is 2. The Labute approximate surface area is 86.8 Å². The summed E-state index contributed by atoms with van der Waals surface area (Å²) < 4.78 is 0. The van der Waals surface area contributed by atoms with E-state index in [2.05, 4.69) is 19.7 Å². The van der Waals surface area contributed by atoms with Crippen molar-refractivity contribution in [2.24, 2.45) is 0 Å². The van der Waals surface area contributed by atoms with Crippen molar-refractivity contribution in [3.8, 4) is 0 Å². The van der Waals surface area contributed by atoms with Crippen LogP contribution in [0.1, 0.15) is 12.0 Å². The molecule has 0 saturated carbocycles. The minimum absolute atomic E-state index is 0.152. The lowest BCUT2D eigenvalue weighted by Crippen LogP contribution is -2.27. The van der Waals surface area contributed by atoms with Gasteiger partial charge in [-0.3, -0.25) is 4.79 Å². The summed E-state index contributed by atoms with van der Waals surface area (Å²) in [4.78, 5) is 12.3. The molecule has 1 aromatic carbocycles. The summed E-state index contributed by atoms with van der Waals surface area (Å²) in [6, 6.07) is 3.80. The molecule has 1 aliphatic heterocycles. The van der Waals surface area contributed by atoms with Crippen LogP contribution >= 0.6 is 11.8 Å². The third-order valence-corrected chi connectivity index (χ3v) is 3.24. The molecule has 70 valence electrons. The average molecular weight is 202 g/mol. The van der Waals surface area contributed by atoms with E-state index in [-0.39, 0.29) is 5.12 Å². The summed E-state index contributed by atoms with van der Waals surface area (Å²) in [5.41, 5.74) is 1.88. The first-order chi connectivity index (χ1) is 6.59. The summed E-state index contributed by atoms with van der Waals surface area (Å²) in [5, 5.41) is 1.95. The fourth-order valence-corrected chi connectivity index (χ4v) is 2.56. The fourth-order valence-electron chi connectivity index (χ4n) is 1.56. The Morgan fingerprint density at radius 2 is 1.93 bits per heavy atom. The van der Waals surface area contributed by atoms with Crippen molar-refractivity contribution >= 4 is 35.6 Å². The molecule has 0 fully saturated rings. The van der Waals surface area contributed by atoms with Crippen LogP contribution in [-0.2, 0) is 4.79 Å². The Kier molecular flexibility index (Phi) is 2.08. The molecular weight excluding hydrogens is 192 g/mol. The maximum Gasteiger partial charge on any atom is 0.198 e. The topological polar surface area (TPSA) is 17.1 Å². The van der Waals surface area contributed by atoms with Crippen molar-refractivity contribution in [2.45, 2.75) is 11.3 Å². The highest BCUT2D eigenvalue weighted by molar-refractivity contribution is 8.13. The van der Waals surface area contributed by atoms with E-state index in [1.165, 1.54) is 11.8 Å². The van der Waals surface area contributed by atoms with Gasteiger partial charge in [-0.05, 0) is 27.6 Å². The molecule has 0 unspecified atom stereocenters. The summed E-state index contributed by atoms with van der Waals surface area (Å²) >= 11 is 1.27. The molecule has 0 N–H and O–H groups in total. The maximum absolute atomic E-state index is 11.3. The number of thioether (sulfide) groups is 1. The second-order valence-corrected chi connectivity index (χ2v) is 4.43. The molecule has 0 spiro atoms. The molecule has 2 heteroatoms. The molecule has 1 aromatic rings.